The number of amides is 1. The van der Waals surface area contributed by atoms with Crippen LogP contribution in [0.5, 0.6) is 0 Å². The first-order valence-corrected chi connectivity index (χ1v) is 13.3. The normalized spacial score (nSPS) is 40.9. The lowest BCUT2D eigenvalue weighted by Gasteiger charge is -2.56. The van der Waals surface area contributed by atoms with Crippen molar-refractivity contribution in [1.29, 1.82) is 0 Å². The van der Waals surface area contributed by atoms with Crippen molar-refractivity contribution in [2.24, 2.45) is 46.8 Å². The Bertz CT molecular complexity index is 845. The van der Waals surface area contributed by atoms with Crippen LogP contribution < -0.4 is 5.32 Å². The lowest BCUT2D eigenvalue weighted by Crippen LogP contribution is -2.51. The van der Waals surface area contributed by atoms with Gasteiger partial charge in [0.2, 0.25) is 0 Å². The Morgan fingerprint density at radius 3 is 2.73 bits per heavy atom. The summed E-state index contributed by atoms with van der Waals surface area (Å²) in [6.45, 7) is 5.63. The van der Waals surface area contributed by atoms with E-state index in [1.54, 1.807) is 0 Å². The summed E-state index contributed by atoms with van der Waals surface area (Å²) in [5, 5.41) is 3.21. The summed E-state index contributed by atoms with van der Waals surface area (Å²) in [4.78, 5) is 16.7. The van der Waals surface area contributed by atoms with Crippen LogP contribution in [0.4, 0.5) is 4.39 Å². The molecule has 0 aromatic carbocycles. The highest BCUT2D eigenvalue weighted by Gasteiger charge is 2.57. The monoisotopic (exact) mass is 456 g/mol. The molecule has 1 heterocycles. The van der Waals surface area contributed by atoms with E-state index in [4.69, 9.17) is 4.74 Å². The number of pyridine rings is 1. The summed E-state index contributed by atoms with van der Waals surface area (Å²) in [6.07, 6.45) is 13.2. The Morgan fingerprint density at radius 2 is 1.97 bits per heavy atom. The van der Waals surface area contributed by atoms with Crippen LogP contribution >= 0.6 is 0 Å². The van der Waals surface area contributed by atoms with E-state index >= 15 is 0 Å². The predicted octanol–water partition coefficient (Wildman–Crippen LogP) is 5.87. The third-order valence-electron chi connectivity index (χ3n) is 10.5. The van der Waals surface area contributed by atoms with Crippen LogP contribution in [-0.4, -0.2) is 30.6 Å². The molecule has 4 aliphatic carbocycles. The Hall–Kier alpha value is -1.49. The van der Waals surface area contributed by atoms with Crippen LogP contribution in [0.2, 0.25) is 0 Å². The molecule has 1 amide bonds. The molecule has 9 atom stereocenters. The summed E-state index contributed by atoms with van der Waals surface area (Å²) in [5.41, 5.74) is 0.610. The second-order valence-electron chi connectivity index (χ2n) is 11.9. The van der Waals surface area contributed by atoms with E-state index in [0.717, 1.165) is 48.3 Å². The molecule has 5 heteroatoms. The average Bonchev–Trinajstić information content (AvgIpc) is 3.16. The molecule has 0 aliphatic heterocycles. The van der Waals surface area contributed by atoms with Gasteiger partial charge in [0.15, 0.2) is 0 Å². The minimum Gasteiger partial charge on any atom is -0.384 e. The first-order valence-electron chi connectivity index (χ1n) is 13.3. The number of ether oxygens (including phenoxy) is 1. The number of rotatable bonds is 5. The van der Waals surface area contributed by atoms with Crippen molar-refractivity contribution >= 4 is 5.91 Å². The van der Waals surface area contributed by atoms with Gasteiger partial charge in [0.05, 0.1) is 6.20 Å². The molecular formula is C28H41FN2O2. The fraction of sp³-hybridized carbons (Fsp3) is 0.786. The minimum atomic E-state index is -0.413. The lowest BCUT2D eigenvalue weighted by molar-refractivity contribution is -0.0742. The van der Waals surface area contributed by atoms with E-state index in [1.165, 1.54) is 69.9 Å². The molecule has 4 fully saturated rings. The van der Waals surface area contributed by atoms with Gasteiger partial charge in [-0.25, -0.2) is 9.37 Å². The number of nitrogens with zero attached hydrogens (tertiary/aromatic N) is 1. The van der Waals surface area contributed by atoms with Crippen molar-refractivity contribution in [3.05, 3.63) is 29.8 Å². The van der Waals surface area contributed by atoms with Crippen LogP contribution in [0.15, 0.2) is 18.3 Å². The summed E-state index contributed by atoms with van der Waals surface area (Å²) < 4.78 is 18.7. The zero-order chi connectivity index (χ0) is 23.2. The average molecular weight is 457 g/mol. The highest BCUT2D eigenvalue weighted by Crippen LogP contribution is 2.64. The van der Waals surface area contributed by atoms with Crippen LogP contribution in [-0.2, 0) is 4.74 Å². The fourth-order valence-electron chi connectivity index (χ4n) is 9.09. The second kappa shape index (κ2) is 9.28. The molecule has 1 aromatic heterocycles. The number of methoxy groups -OCH3 is 1. The standard InChI is InChI=1S/C28H41FN2O2/c1-17(31-27(32)26-11-6-20(29)15-30-26)24-9-10-25-23-8-5-19-14-18(16-33-3)4-7-21(19)22(23)12-13-28(24,25)2/h6,11,15,17-19,21-25H,4-5,7-10,12-14,16H2,1-3H3,(H,31,32)/t17-,18-,19+,21-,22?,23+,24?,25?,28+/m0/s1. The number of halogens is 1. The Morgan fingerprint density at radius 1 is 1.15 bits per heavy atom. The molecule has 4 aliphatic rings. The van der Waals surface area contributed by atoms with E-state index < -0.39 is 5.82 Å². The van der Waals surface area contributed by atoms with Gasteiger partial charge in [-0.15, -0.1) is 0 Å². The Balaban J connectivity index is 1.25. The Kier molecular flexibility index (Phi) is 6.54. The highest BCUT2D eigenvalue weighted by atomic mass is 19.1. The van der Waals surface area contributed by atoms with Crippen LogP contribution in [0.1, 0.15) is 82.1 Å². The quantitative estimate of drug-likeness (QED) is 0.603. The number of carbonyl (C=O) groups excluding carboxylic acids is 1. The maximum Gasteiger partial charge on any atom is 0.270 e. The van der Waals surface area contributed by atoms with Crippen molar-refractivity contribution in [2.75, 3.05) is 13.7 Å². The summed E-state index contributed by atoms with van der Waals surface area (Å²) in [7, 11) is 1.85. The SMILES string of the molecule is COC[C@H]1CC[C@@H]2C3CC[C@@]4(C)C(CCC4[C@H](C)NC(=O)c4ccc(F)cn4)[C@@H]3CC[C@@H]2C1. The Labute approximate surface area is 198 Å². The first-order chi connectivity index (χ1) is 15.9. The van der Waals surface area contributed by atoms with Crippen molar-refractivity contribution in [1.82, 2.24) is 10.3 Å². The van der Waals surface area contributed by atoms with Crippen LogP contribution in [0, 0.1) is 52.7 Å². The van der Waals surface area contributed by atoms with Crippen molar-refractivity contribution in [3.63, 3.8) is 0 Å². The number of hydrogen-bond acceptors (Lipinski definition) is 3. The van der Waals surface area contributed by atoms with Gasteiger partial charge in [-0.3, -0.25) is 4.79 Å². The van der Waals surface area contributed by atoms with Crippen molar-refractivity contribution < 1.29 is 13.9 Å². The third kappa shape index (κ3) is 4.24. The molecule has 0 saturated heterocycles. The molecule has 3 unspecified atom stereocenters. The largest absolute Gasteiger partial charge is 0.384 e. The topological polar surface area (TPSA) is 51.2 Å². The van der Waals surface area contributed by atoms with Gasteiger partial charge in [0.1, 0.15) is 11.5 Å². The van der Waals surface area contributed by atoms with Gasteiger partial charge >= 0.3 is 0 Å². The highest BCUT2D eigenvalue weighted by molar-refractivity contribution is 5.92. The van der Waals surface area contributed by atoms with Gasteiger partial charge in [0, 0.05) is 19.8 Å². The lowest BCUT2D eigenvalue weighted by atomic mass is 9.49. The summed E-state index contributed by atoms with van der Waals surface area (Å²) in [6, 6.07) is 2.89. The van der Waals surface area contributed by atoms with Gasteiger partial charge in [-0.1, -0.05) is 6.92 Å². The number of hydrogen-bond donors (Lipinski definition) is 1. The smallest absolute Gasteiger partial charge is 0.270 e. The van der Waals surface area contributed by atoms with Gasteiger partial charge in [-0.2, -0.15) is 0 Å². The maximum atomic E-state index is 13.2. The zero-order valence-corrected chi connectivity index (χ0v) is 20.6. The van der Waals surface area contributed by atoms with E-state index in [2.05, 4.69) is 24.1 Å². The van der Waals surface area contributed by atoms with Crippen molar-refractivity contribution in [3.8, 4) is 0 Å². The van der Waals surface area contributed by atoms with Crippen LogP contribution in [0.3, 0.4) is 0 Å². The molecule has 182 valence electrons. The predicted molar refractivity (Wildman–Crippen MR) is 127 cm³/mol. The molecule has 1 N–H and O–H groups in total. The second-order valence-corrected chi connectivity index (χ2v) is 11.9. The van der Waals surface area contributed by atoms with Gasteiger partial charge in [-0.05, 0) is 124 Å². The van der Waals surface area contributed by atoms with Crippen molar-refractivity contribution in [2.45, 2.75) is 77.7 Å². The molecule has 0 spiro atoms. The molecule has 4 nitrogen and oxygen atoms in total. The molecule has 5 rings (SSSR count). The summed E-state index contributed by atoms with van der Waals surface area (Å²) >= 11 is 0. The molecule has 0 radical (unpaired) electrons. The van der Waals surface area contributed by atoms with E-state index in [1.807, 2.05) is 7.11 Å². The number of aromatic nitrogens is 1. The number of nitrogens with one attached hydrogen (secondary N) is 1. The molecule has 4 saturated carbocycles. The molecule has 33 heavy (non-hydrogen) atoms. The van der Waals surface area contributed by atoms with E-state index in [-0.39, 0.29) is 11.9 Å². The molecular weight excluding hydrogens is 415 g/mol. The third-order valence-corrected chi connectivity index (χ3v) is 10.5. The zero-order valence-electron chi connectivity index (χ0n) is 20.6. The van der Waals surface area contributed by atoms with E-state index in [9.17, 15) is 9.18 Å². The summed E-state index contributed by atoms with van der Waals surface area (Å²) in [5.74, 6) is 5.11. The minimum absolute atomic E-state index is 0.108. The molecule has 1 aromatic rings. The van der Waals surface area contributed by atoms with Gasteiger partial charge < -0.3 is 10.1 Å². The molecule has 0 bridgehead atoms. The fourth-order valence-corrected chi connectivity index (χ4v) is 9.09. The first kappa shape index (κ1) is 23.3. The maximum absolute atomic E-state index is 13.2. The number of fused-ring (bicyclic) bond motifs is 5. The van der Waals surface area contributed by atoms with Crippen LogP contribution in [0.25, 0.3) is 0 Å². The van der Waals surface area contributed by atoms with E-state index in [0.29, 0.717) is 17.0 Å². The van der Waals surface area contributed by atoms with Gasteiger partial charge in [0.25, 0.3) is 5.91 Å². The number of carbonyl (C=O) groups is 1.